The van der Waals surface area contributed by atoms with Crippen molar-refractivity contribution in [3.63, 3.8) is 0 Å². The standard InChI is InChI=1S/C13H24N2O3/c1-17-8-9-18-7-5-13(16)15-6-4-11-2-3-12(10-15)14-11/h11-12,14H,2-10H2,1H3. The van der Waals surface area contributed by atoms with Crippen LogP contribution in [0, 0.1) is 0 Å². The second-order valence-corrected chi connectivity index (χ2v) is 5.12. The number of fused-ring (bicyclic) bond motifs is 2. The van der Waals surface area contributed by atoms with Crippen molar-refractivity contribution in [2.24, 2.45) is 0 Å². The molecule has 0 spiro atoms. The third-order valence-electron chi connectivity index (χ3n) is 3.77. The van der Waals surface area contributed by atoms with Crippen molar-refractivity contribution in [3.05, 3.63) is 0 Å². The molecule has 0 aliphatic carbocycles. The molecule has 2 heterocycles. The molecule has 5 heteroatoms. The third-order valence-corrected chi connectivity index (χ3v) is 3.77. The molecule has 2 aliphatic rings. The van der Waals surface area contributed by atoms with E-state index >= 15 is 0 Å². The normalized spacial score (nSPS) is 27.3. The summed E-state index contributed by atoms with van der Waals surface area (Å²) in [5.41, 5.74) is 0. The average Bonchev–Trinajstić information content (AvgIpc) is 2.68. The van der Waals surface area contributed by atoms with Gasteiger partial charge in [0.15, 0.2) is 0 Å². The van der Waals surface area contributed by atoms with Gasteiger partial charge in [-0.3, -0.25) is 4.79 Å². The highest BCUT2D eigenvalue weighted by atomic mass is 16.5. The molecule has 0 aromatic rings. The fourth-order valence-electron chi connectivity index (χ4n) is 2.73. The van der Waals surface area contributed by atoms with Crippen LogP contribution in [0.15, 0.2) is 0 Å². The number of rotatable bonds is 6. The van der Waals surface area contributed by atoms with E-state index in [0.29, 0.717) is 38.3 Å². The summed E-state index contributed by atoms with van der Waals surface area (Å²) in [6.07, 6.45) is 4.06. The molecule has 2 saturated heterocycles. The maximum absolute atomic E-state index is 12.0. The van der Waals surface area contributed by atoms with E-state index in [2.05, 4.69) is 5.32 Å². The molecule has 2 rings (SSSR count). The fourth-order valence-corrected chi connectivity index (χ4v) is 2.73. The number of likely N-dealkylation sites (tertiary alicyclic amines) is 1. The SMILES string of the molecule is COCCOCCC(=O)N1CCC2CCC(C1)N2. The minimum atomic E-state index is 0.224. The predicted octanol–water partition coefficient (Wildman–Crippen LogP) is 0.392. The van der Waals surface area contributed by atoms with Crippen LogP contribution in [-0.2, 0) is 14.3 Å². The van der Waals surface area contributed by atoms with Crippen molar-refractivity contribution in [3.8, 4) is 0 Å². The zero-order valence-corrected chi connectivity index (χ0v) is 11.2. The molecular weight excluding hydrogens is 232 g/mol. The third kappa shape index (κ3) is 3.93. The molecule has 2 aliphatic heterocycles. The monoisotopic (exact) mass is 256 g/mol. The number of nitrogens with zero attached hydrogens (tertiary/aromatic N) is 1. The molecule has 0 aromatic carbocycles. The van der Waals surface area contributed by atoms with Crippen LogP contribution in [0.3, 0.4) is 0 Å². The first-order valence-corrected chi connectivity index (χ1v) is 6.90. The van der Waals surface area contributed by atoms with Crippen LogP contribution in [0.4, 0.5) is 0 Å². The van der Waals surface area contributed by atoms with Gasteiger partial charge in [-0.25, -0.2) is 0 Å². The van der Waals surface area contributed by atoms with Crippen LogP contribution in [0.25, 0.3) is 0 Å². The maximum atomic E-state index is 12.0. The van der Waals surface area contributed by atoms with E-state index in [1.54, 1.807) is 7.11 Å². The number of methoxy groups -OCH3 is 1. The van der Waals surface area contributed by atoms with Crippen molar-refractivity contribution in [2.75, 3.05) is 40.0 Å². The second kappa shape index (κ2) is 7.07. The highest BCUT2D eigenvalue weighted by molar-refractivity contribution is 5.76. The van der Waals surface area contributed by atoms with E-state index < -0.39 is 0 Å². The van der Waals surface area contributed by atoms with Gasteiger partial charge in [-0.05, 0) is 19.3 Å². The van der Waals surface area contributed by atoms with Crippen molar-refractivity contribution in [2.45, 2.75) is 37.8 Å². The molecule has 104 valence electrons. The molecule has 1 N–H and O–H groups in total. The summed E-state index contributed by atoms with van der Waals surface area (Å²) in [6, 6.07) is 1.14. The Morgan fingerprint density at radius 1 is 1.22 bits per heavy atom. The zero-order chi connectivity index (χ0) is 12.8. The highest BCUT2D eigenvalue weighted by Crippen LogP contribution is 2.20. The first-order chi connectivity index (χ1) is 8.79. The summed E-state index contributed by atoms with van der Waals surface area (Å²) in [7, 11) is 1.65. The number of nitrogens with one attached hydrogen (secondary N) is 1. The average molecular weight is 256 g/mol. The Balaban J connectivity index is 1.65. The molecule has 2 unspecified atom stereocenters. The summed E-state index contributed by atoms with van der Waals surface area (Å²) >= 11 is 0. The van der Waals surface area contributed by atoms with Gasteiger partial charge in [-0.15, -0.1) is 0 Å². The van der Waals surface area contributed by atoms with E-state index in [-0.39, 0.29) is 5.91 Å². The number of carbonyl (C=O) groups excluding carboxylic acids is 1. The Labute approximate surface area is 109 Å². The zero-order valence-electron chi connectivity index (χ0n) is 11.2. The van der Waals surface area contributed by atoms with Gasteiger partial charge < -0.3 is 19.7 Å². The van der Waals surface area contributed by atoms with Gasteiger partial charge in [-0.2, -0.15) is 0 Å². The number of carbonyl (C=O) groups is 1. The van der Waals surface area contributed by atoms with Crippen LogP contribution in [-0.4, -0.2) is 62.9 Å². The lowest BCUT2D eigenvalue weighted by Crippen LogP contribution is -2.39. The van der Waals surface area contributed by atoms with Crippen molar-refractivity contribution >= 4 is 5.91 Å². The molecule has 2 fully saturated rings. The van der Waals surface area contributed by atoms with Crippen LogP contribution in [0.2, 0.25) is 0 Å². The summed E-state index contributed by atoms with van der Waals surface area (Å²) in [5, 5.41) is 3.58. The lowest BCUT2D eigenvalue weighted by Gasteiger charge is -2.24. The van der Waals surface area contributed by atoms with Crippen LogP contribution < -0.4 is 5.32 Å². The van der Waals surface area contributed by atoms with Gasteiger partial charge in [0.2, 0.25) is 5.91 Å². The summed E-state index contributed by atoms with van der Waals surface area (Å²) < 4.78 is 10.2. The molecule has 1 amide bonds. The second-order valence-electron chi connectivity index (χ2n) is 5.12. The van der Waals surface area contributed by atoms with E-state index in [9.17, 15) is 4.79 Å². The quantitative estimate of drug-likeness (QED) is 0.699. The van der Waals surface area contributed by atoms with Crippen LogP contribution >= 0.6 is 0 Å². The number of amides is 1. The molecular formula is C13H24N2O3. The van der Waals surface area contributed by atoms with Gasteiger partial charge in [0.05, 0.1) is 26.2 Å². The van der Waals surface area contributed by atoms with Gasteiger partial charge in [0.1, 0.15) is 0 Å². The van der Waals surface area contributed by atoms with E-state index in [1.807, 2.05) is 4.90 Å². The number of ether oxygens (including phenoxy) is 2. The first-order valence-electron chi connectivity index (χ1n) is 6.90. The Morgan fingerprint density at radius 3 is 2.89 bits per heavy atom. The Bertz CT molecular complexity index is 273. The van der Waals surface area contributed by atoms with Gasteiger partial charge in [-0.1, -0.05) is 0 Å². The molecule has 2 bridgehead atoms. The summed E-state index contributed by atoms with van der Waals surface area (Å²) in [5.74, 6) is 0.224. The molecule has 0 aromatic heterocycles. The fraction of sp³-hybridized carbons (Fsp3) is 0.923. The van der Waals surface area contributed by atoms with Crippen molar-refractivity contribution in [1.29, 1.82) is 0 Å². The first kappa shape index (κ1) is 13.8. The maximum Gasteiger partial charge on any atom is 0.224 e. The van der Waals surface area contributed by atoms with Crippen LogP contribution in [0.1, 0.15) is 25.7 Å². The number of hydrogen-bond donors (Lipinski definition) is 1. The summed E-state index contributed by atoms with van der Waals surface area (Å²) in [6.45, 7) is 3.42. The van der Waals surface area contributed by atoms with E-state index in [4.69, 9.17) is 9.47 Å². The Kier molecular flexibility index (Phi) is 5.41. The minimum Gasteiger partial charge on any atom is -0.382 e. The largest absolute Gasteiger partial charge is 0.382 e. The van der Waals surface area contributed by atoms with E-state index in [0.717, 1.165) is 19.5 Å². The topological polar surface area (TPSA) is 50.8 Å². The Hall–Kier alpha value is -0.650. The Morgan fingerprint density at radius 2 is 2.06 bits per heavy atom. The summed E-state index contributed by atoms with van der Waals surface area (Å²) in [4.78, 5) is 14.0. The molecule has 18 heavy (non-hydrogen) atoms. The highest BCUT2D eigenvalue weighted by Gasteiger charge is 2.30. The van der Waals surface area contributed by atoms with Gasteiger partial charge in [0.25, 0.3) is 0 Å². The lowest BCUT2D eigenvalue weighted by molar-refractivity contribution is -0.132. The molecule has 0 saturated carbocycles. The smallest absolute Gasteiger partial charge is 0.224 e. The van der Waals surface area contributed by atoms with Gasteiger partial charge >= 0.3 is 0 Å². The predicted molar refractivity (Wildman–Crippen MR) is 68.5 cm³/mol. The van der Waals surface area contributed by atoms with Crippen molar-refractivity contribution < 1.29 is 14.3 Å². The molecule has 0 radical (unpaired) electrons. The lowest BCUT2D eigenvalue weighted by atomic mass is 10.1. The minimum absolute atomic E-state index is 0.224. The van der Waals surface area contributed by atoms with Crippen LogP contribution in [0.5, 0.6) is 0 Å². The number of hydrogen-bond acceptors (Lipinski definition) is 4. The van der Waals surface area contributed by atoms with Crippen molar-refractivity contribution in [1.82, 2.24) is 10.2 Å². The molecule has 5 nitrogen and oxygen atoms in total. The van der Waals surface area contributed by atoms with Gasteiger partial charge in [0, 0.05) is 32.3 Å². The van der Waals surface area contributed by atoms with E-state index in [1.165, 1.54) is 12.8 Å². The molecule has 2 atom stereocenters.